The Kier molecular flexibility index (Phi) is 3.16. The van der Waals surface area contributed by atoms with Crippen LogP contribution in [0.2, 0.25) is 0 Å². The largest absolute Gasteiger partial charge is 0.392 e. The molecule has 2 aliphatic carbocycles. The van der Waals surface area contributed by atoms with Crippen LogP contribution in [0.25, 0.3) is 0 Å². The summed E-state index contributed by atoms with van der Waals surface area (Å²) in [6, 6.07) is 0. The van der Waals surface area contributed by atoms with Gasteiger partial charge >= 0.3 is 0 Å². The van der Waals surface area contributed by atoms with E-state index in [2.05, 4.69) is 33.8 Å². The van der Waals surface area contributed by atoms with E-state index in [0.717, 1.165) is 25.7 Å². The zero-order valence-electron chi connectivity index (χ0n) is 11.5. The van der Waals surface area contributed by atoms with Crippen molar-refractivity contribution < 1.29 is 10.2 Å². The number of allylic oxidation sites excluding steroid dienone is 1. The first-order valence-corrected chi connectivity index (χ1v) is 6.86. The second-order valence-electron chi connectivity index (χ2n) is 6.80. The Morgan fingerprint density at radius 1 is 1.35 bits per heavy atom. The minimum Gasteiger partial charge on any atom is -0.392 e. The summed E-state index contributed by atoms with van der Waals surface area (Å²) in [5.74, 6) is 0.228. The van der Waals surface area contributed by atoms with Gasteiger partial charge in [0.25, 0.3) is 0 Å². The van der Waals surface area contributed by atoms with E-state index in [1.807, 2.05) is 0 Å². The minimum absolute atomic E-state index is 0.0173. The summed E-state index contributed by atoms with van der Waals surface area (Å²) in [5.41, 5.74) is 0.641. The average molecular weight is 238 g/mol. The summed E-state index contributed by atoms with van der Waals surface area (Å²) in [4.78, 5) is 0. The van der Waals surface area contributed by atoms with Gasteiger partial charge in [-0.3, -0.25) is 0 Å². The molecule has 2 nitrogen and oxygen atoms in total. The van der Waals surface area contributed by atoms with Crippen molar-refractivity contribution in [2.75, 3.05) is 0 Å². The molecular formula is C15H26O2. The average Bonchev–Trinajstić information content (AvgIpc) is 2.44. The van der Waals surface area contributed by atoms with E-state index in [4.69, 9.17) is 0 Å². The summed E-state index contributed by atoms with van der Waals surface area (Å²) >= 11 is 0. The molecule has 0 saturated heterocycles. The van der Waals surface area contributed by atoms with Gasteiger partial charge in [-0.2, -0.15) is 0 Å². The van der Waals surface area contributed by atoms with Gasteiger partial charge in [-0.15, -0.1) is 0 Å². The molecule has 2 rings (SSSR count). The Hall–Kier alpha value is -0.340. The van der Waals surface area contributed by atoms with Gasteiger partial charge in [0.15, 0.2) is 0 Å². The topological polar surface area (TPSA) is 40.5 Å². The Morgan fingerprint density at radius 3 is 2.59 bits per heavy atom. The molecular weight excluding hydrogens is 212 g/mol. The van der Waals surface area contributed by atoms with Gasteiger partial charge in [0.2, 0.25) is 0 Å². The maximum atomic E-state index is 10.9. The summed E-state index contributed by atoms with van der Waals surface area (Å²) in [6.45, 7) is 8.46. The molecule has 1 fully saturated rings. The zero-order valence-corrected chi connectivity index (χ0v) is 11.5. The molecule has 0 aromatic carbocycles. The van der Waals surface area contributed by atoms with E-state index < -0.39 is 11.7 Å². The van der Waals surface area contributed by atoms with Crippen molar-refractivity contribution in [1.82, 2.24) is 0 Å². The minimum atomic E-state index is -0.688. The van der Waals surface area contributed by atoms with Crippen LogP contribution in [0.15, 0.2) is 11.6 Å². The van der Waals surface area contributed by atoms with Crippen LogP contribution in [0.1, 0.15) is 53.4 Å². The van der Waals surface area contributed by atoms with Crippen molar-refractivity contribution in [3.8, 4) is 0 Å². The zero-order chi connectivity index (χ0) is 12.8. The highest BCUT2D eigenvalue weighted by Crippen LogP contribution is 2.57. The number of fused-ring (bicyclic) bond motifs is 1. The third-order valence-electron chi connectivity index (χ3n) is 5.22. The normalized spacial score (nSPS) is 46.6. The molecule has 0 aromatic rings. The molecule has 0 heterocycles. The van der Waals surface area contributed by atoms with Crippen LogP contribution in [0, 0.1) is 17.3 Å². The quantitative estimate of drug-likeness (QED) is 0.690. The summed E-state index contributed by atoms with van der Waals surface area (Å²) < 4.78 is 0. The summed E-state index contributed by atoms with van der Waals surface area (Å²) in [5, 5.41) is 21.4. The molecule has 0 aliphatic heterocycles. The molecule has 2 heteroatoms. The third kappa shape index (κ3) is 1.96. The molecule has 0 radical (unpaired) electrons. The number of hydrogen-bond acceptors (Lipinski definition) is 2. The molecule has 0 aromatic heterocycles. The van der Waals surface area contributed by atoms with Crippen molar-refractivity contribution in [3.05, 3.63) is 11.6 Å². The van der Waals surface area contributed by atoms with Crippen LogP contribution in [0.4, 0.5) is 0 Å². The van der Waals surface area contributed by atoms with Gasteiger partial charge in [-0.25, -0.2) is 0 Å². The molecule has 0 unspecified atom stereocenters. The second kappa shape index (κ2) is 4.10. The SMILES string of the molecule is CC1=CC[C@]2(C)CC[C@](O)(C(C)C)[C@H]2[C@H](O)C1. The predicted molar refractivity (Wildman–Crippen MR) is 69.6 cm³/mol. The highest BCUT2D eigenvalue weighted by atomic mass is 16.3. The number of aliphatic hydroxyl groups excluding tert-OH is 1. The molecule has 98 valence electrons. The molecule has 4 atom stereocenters. The fraction of sp³-hybridized carbons (Fsp3) is 0.867. The molecule has 17 heavy (non-hydrogen) atoms. The lowest BCUT2D eigenvalue weighted by molar-refractivity contribution is -0.108. The Morgan fingerprint density at radius 2 is 2.00 bits per heavy atom. The van der Waals surface area contributed by atoms with Crippen LogP contribution in [0.5, 0.6) is 0 Å². The first-order valence-electron chi connectivity index (χ1n) is 6.86. The highest BCUT2D eigenvalue weighted by Gasteiger charge is 2.57. The van der Waals surface area contributed by atoms with E-state index in [0.29, 0.717) is 0 Å². The Balaban J connectivity index is 2.38. The van der Waals surface area contributed by atoms with Crippen molar-refractivity contribution >= 4 is 0 Å². The first kappa shape index (κ1) is 13.1. The molecule has 2 aliphatic rings. The summed E-state index contributed by atoms with van der Waals surface area (Å²) in [6.07, 6.45) is 5.43. The number of hydrogen-bond donors (Lipinski definition) is 2. The van der Waals surface area contributed by atoms with Crippen LogP contribution in [-0.4, -0.2) is 21.9 Å². The van der Waals surface area contributed by atoms with Crippen LogP contribution in [0.3, 0.4) is 0 Å². The fourth-order valence-corrected chi connectivity index (χ4v) is 4.01. The van der Waals surface area contributed by atoms with Crippen LogP contribution >= 0.6 is 0 Å². The standard InChI is InChI=1S/C15H26O2/c1-10(2)15(17)8-7-14(4)6-5-11(3)9-12(16)13(14)15/h5,10,12-13,16-17H,6-9H2,1-4H3/t12-,13+,14-,15+/m1/s1. The summed E-state index contributed by atoms with van der Waals surface area (Å²) in [7, 11) is 0. The van der Waals surface area contributed by atoms with E-state index in [1.54, 1.807) is 0 Å². The van der Waals surface area contributed by atoms with Gasteiger partial charge in [-0.1, -0.05) is 32.4 Å². The molecule has 2 N–H and O–H groups in total. The lowest BCUT2D eigenvalue weighted by Crippen LogP contribution is -2.48. The van der Waals surface area contributed by atoms with E-state index in [9.17, 15) is 10.2 Å². The number of rotatable bonds is 1. The van der Waals surface area contributed by atoms with E-state index in [-0.39, 0.29) is 17.3 Å². The van der Waals surface area contributed by atoms with Crippen LogP contribution in [-0.2, 0) is 0 Å². The smallest absolute Gasteiger partial charge is 0.0728 e. The van der Waals surface area contributed by atoms with Gasteiger partial charge in [0, 0.05) is 5.92 Å². The van der Waals surface area contributed by atoms with E-state index in [1.165, 1.54) is 5.57 Å². The monoisotopic (exact) mass is 238 g/mol. The molecule has 0 bridgehead atoms. The third-order valence-corrected chi connectivity index (χ3v) is 5.22. The van der Waals surface area contributed by atoms with Gasteiger partial charge in [0.05, 0.1) is 11.7 Å². The lowest BCUT2D eigenvalue weighted by atomic mass is 9.68. The van der Waals surface area contributed by atoms with Crippen molar-refractivity contribution in [2.24, 2.45) is 17.3 Å². The maximum absolute atomic E-state index is 10.9. The second-order valence-corrected chi connectivity index (χ2v) is 6.80. The Labute approximate surface area is 105 Å². The van der Waals surface area contributed by atoms with E-state index >= 15 is 0 Å². The fourth-order valence-electron chi connectivity index (χ4n) is 4.01. The highest BCUT2D eigenvalue weighted by molar-refractivity contribution is 5.16. The molecule has 0 amide bonds. The Bertz CT molecular complexity index is 334. The first-order chi connectivity index (χ1) is 7.79. The molecule has 0 spiro atoms. The maximum Gasteiger partial charge on any atom is 0.0728 e. The van der Waals surface area contributed by atoms with Gasteiger partial charge < -0.3 is 10.2 Å². The van der Waals surface area contributed by atoms with Crippen molar-refractivity contribution in [1.29, 1.82) is 0 Å². The predicted octanol–water partition coefficient (Wildman–Crippen LogP) is 2.89. The lowest BCUT2D eigenvalue weighted by Gasteiger charge is -2.42. The number of aliphatic hydroxyl groups is 2. The molecule has 1 saturated carbocycles. The van der Waals surface area contributed by atoms with Crippen molar-refractivity contribution in [3.63, 3.8) is 0 Å². The van der Waals surface area contributed by atoms with Crippen LogP contribution < -0.4 is 0 Å². The van der Waals surface area contributed by atoms with Gasteiger partial charge in [-0.05, 0) is 43.9 Å². The van der Waals surface area contributed by atoms with Gasteiger partial charge in [0.1, 0.15) is 0 Å². The van der Waals surface area contributed by atoms with Crippen molar-refractivity contribution in [2.45, 2.75) is 65.1 Å².